The second-order valence-corrected chi connectivity index (χ2v) is 4.66. The molecular formula is C19H24N4. The van der Waals surface area contributed by atoms with Crippen LogP contribution in [0.5, 0.6) is 0 Å². The van der Waals surface area contributed by atoms with Gasteiger partial charge < -0.3 is 0 Å². The minimum atomic E-state index is 0.578. The fourth-order valence-electron chi connectivity index (χ4n) is 1.97. The Labute approximate surface area is 138 Å². The predicted octanol–water partition coefficient (Wildman–Crippen LogP) is 4.16. The highest BCUT2D eigenvalue weighted by Gasteiger charge is 2.15. The van der Waals surface area contributed by atoms with E-state index in [4.69, 9.17) is 0 Å². The van der Waals surface area contributed by atoms with E-state index in [1.807, 2.05) is 67.1 Å². The Morgan fingerprint density at radius 2 is 2.00 bits per heavy atom. The largest absolute Gasteiger partial charge is 0.286 e. The number of rotatable bonds is 8. The summed E-state index contributed by atoms with van der Waals surface area (Å²) in [5.41, 5.74) is 3.51. The van der Waals surface area contributed by atoms with Crippen molar-refractivity contribution in [2.45, 2.75) is 20.4 Å². The monoisotopic (exact) mass is 308 g/mol. The van der Waals surface area contributed by atoms with E-state index in [2.05, 4.69) is 28.5 Å². The van der Waals surface area contributed by atoms with Crippen LogP contribution in [-0.4, -0.2) is 27.8 Å². The van der Waals surface area contributed by atoms with Gasteiger partial charge in [0.1, 0.15) is 11.4 Å². The molecule has 0 N–H and O–H groups in total. The molecule has 1 rings (SSSR count). The highest BCUT2D eigenvalue weighted by molar-refractivity contribution is 6.09. The fraction of sp³-hybridized carbons (Fsp3) is 0.211. The average molecular weight is 308 g/mol. The molecule has 0 aliphatic carbocycles. The summed E-state index contributed by atoms with van der Waals surface area (Å²) in [6, 6.07) is 0. The quantitative estimate of drug-likeness (QED) is 0.534. The van der Waals surface area contributed by atoms with Crippen LogP contribution in [0.25, 0.3) is 6.08 Å². The van der Waals surface area contributed by atoms with E-state index in [1.165, 1.54) is 0 Å². The maximum absolute atomic E-state index is 4.35. The zero-order valence-electron chi connectivity index (χ0n) is 14.1. The number of aliphatic imine (C=N–C) groups is 1. The van der Waals surface area contributed by atoms with E-state index in [1.54, 1.807) is 13.1 Å². The van der Waals surface area contributed by atoms with Crippen molar-refractivity contribution in [2.24, 2.45) is 4.99 Å². The van der Waals surface area contributed by atoms with Crippen LogP contribution >= 0.6 is 0 Å². The molecule has 0 amide bonds. The van der Waals surface area contributed by atoms with Gasteiger partial charge in [-0.25, -0.2) is 4.68 Å². The Morgan fingerprint density at radius 3 is 2.57 bits per heavy atom. The van der Waals surface area contributed by atoms with Crippen molar-refractivity contribution < 1.29 is 0 Å². The molecule has 0 aromatic carbocycles. The molecular weight excluding hydrogens is 284 g/mol. The van der Waals surface area contributed by atoms with Crippen molar-refractivity contribution in [2.75, 3.05) is 7.05 Å². The third-order valence-electron chi connectivity index (χ3n) is 3.06. The van der Waals surface area contributed by atoms with E-state index in [0.29, 0.717) is 6.54 Å². The molecule has 0 atom stereocenters. The average Bonchev–Trinajstić information content (AvgIpc) is 2.95. The van der Waals surface area contributed by atoms with E-state index < -0.39 is 0 Å². The lowest BCUT2D eigenvalue weighted by atomic mass is 10.1. The van der Waals surface area contributed by atoms with Gasteiger partial charge in [-0.15, -0.1) is 5.10 Å². The first kappa shape index (κ1) is 18.3. The molecule has 0 radical (unpaired) electrons. The maximum Gasteiger partial charge on any atom is 0.115 e. The highest BCUT2D eigenvalue weighted by Crippen LogP contribution is 2.13. The number of aromatic nitrogens is 3. The number of hydrogen-bond donors (Lipinski definition) is 0. The van der Waals surface area contributed by atoms with Crippen LogP contribution in [0.3, 0.4) is 0 Å². The van der Waals surface area contributed by atoms with Crippen LogP contribution in [0, 0.1) is 0 Å². The first-order valence-corrected chi connectivity index (χ1v) is 7.48. The van der Waals surface area contributed by atoms with E-state index in [9.17, 15) is 0 Å². The molecule has 0 fully saturated rings. The van der Waals surface area contributed by atoms with Crippen LogP contribution in [0.4, 0.5) is 0 Å². The van der Waals surface area contributed by atoms with Crippen molar-refractivity contribution in [3.63, 3.8) is 0 Å². The number of allylic oxidation sites excluding steroid dienone is 9. The SMILES string of the molecule is C=C/C=C\C(=NC)c1c(/C=C/C)nnn1C/C(C=C)=C/C=C\C. The molecule has 1 aromatic heterocycles. The van der Waals surface area contributed by atoms with Gasteiger partial charge in [0, 0.05) is 7.05 Å². The van der Waals surface area contributed by atoms with Crippen LogP contribution in [0.15, 0.2) is 72.3 Å². The molecule has 1 aromatic rings. The molecule has 1 heterocycles. The third-order valence-corrected chi connectivity index (χ3v) is 3.06. The molecule has 0 bridgehead atoms. The summed E-state index contributed by atoms with van der Waals surface area (Å²) >= 11 is 0. The van der Waals surface area contributed by atoms with Gasteiger partial charge in [0.15, 0.2) is 0 Å². The molecule has 0 aliphatic rings. The summed E-state index contributed by atoms with van der Waals surface area (Å²) in [7, 11) is 1.75. The zero-order valence-corrected chi connectivity index (χ0v) is 14.1. The summed E-state index contributed by atoms with van der Waals surface area (Å²) in [5.74, 6) is 0. The molecule has 4 nitrogen and oxygen atoms in total. The second-order valence-electron chi connectivity index (χ2n) is 4.66. The Hall–Kier alpha value is -2.75. The normalized spacial score (nSPS) is 13.5. The molecule has 0 aliphatic heterocycles. The molecule has 0 unspecified atom stereocenters. The first-order chi connectivity index (χ1) is 11.2. The Kier molecular flexibility index (Phi) is 8.00. The molecule has 0 saturated carbocycles. The topological polar surface area (TPSA) is 43.1 Å². The third kappa shape index (κ3) is 5.18. The molecule has 23 heavy (non-hydrogen) atoms. The van der Waals surface area contributed by atoms with Crippen LogP contribution < -0.4 is 0 Å². The Balaban J connectivity index is 3.35. The minimum Gasteiger partial charge on any atom is -0.286 e. The predicted molar refractivity (Wildman–Crippen MR) is 99.6 cm³/mol. The van der Waals surface area contributed by atoms with E-state index in [-0.39, 0.29) is 0 Å². The summed E-state index contributed by atoms with van der Waals surface area (Å²) in [6.07, 6.45) is 17.1. The lowest BCUT2D eigenvalue weighted by Gasteiger charge is -2.08. The lowest BCUT2D eigenvalue weighted by molar-refractivity contribution is 0.645. The zero-order chi connectivity index (χ0) is 17.1. The van der Waals surface area contributed by atoms with Crippen LogP contribution in [0.1, 0.15) is 25.2 Å². The van der Waals surface area contributed by atoms with Gasteiger partial charge in [-0.2, -0.15) is 0 Å². The smallest absolute Gasteiger partial charge is 0.115 e. The van der Waals surface area contributed by atoms with Gasteiger partial charge in [-0.1, -0.05) is 60.9 Å². The lowest BCUT2D eigenvalue weighted by Crippen LogP contribution is -2.12. The van der Waals surface area contributed by atoms with Crippen LogP contribution in [0.2, 0.25) is 0 Å². The second kappa shape index (κ2) is 10.1. The van der Waals surface area contributed by atoms with Crippen LogP contribution in [-0.2, 0) is 6.54 Å². The van der Waals surface area contributed by atoms with Gasteiger partial charge in [-0.3, -0.25) is 4.99 Å². The molecule has 0 saturated heterocycles. The van der Waals surface area contributed by atoms with Crippen molar-refractivity contribution >= 4 is 11.8 Å². The summed E-state index contributed by atoms with van der Waals surface area (Å²) in [5, 5.41) is 8.53. The van der Waals surface area contributed by atoms with Gasteiger partial charge in [0.2, 0.25) is 0 Å². The standard InChI is InChI=1S/C19H24N4/c1-6-10-13-16(9-4)15-23-19(17(20-5)14-11-7-2)18(12-8-3)21-22-23/h6-14H,2,4,15H2,1,3,5H3/b10-6-,12-8+,14-11-,16-13+,20-17?. The number of hydrogen-bond acceptors (Lipinski definition) is 3. The van der Waals surface area contributed by atoms with E-state index in [0.717, 1.165) is 22.7 Å². The highest BCUT2D eigenvalue weighted by atomic mass is 15.4. The molecule has 0 spiro atoms. The number of nitrogens with zero attached hydrogens (tertiary/aromatic N) is 4. The Morgan fingerprint density at radius 1 is 1.22 bits per heavy atom. The van der Waals surface area contributed by atoms with Gasteiger partial charge in [0.25, 0.3) is 0 Å². The Bertz CT molecular complexity index is 682. The summed E-state index contributed by atoms with van der Waals surface area (Å²) in [6.45, 7) is 12.1. The maximum atomic E-state index is 4.35. The fourth-order valence-corrected chi connectivity index (χ4v) is 1.97. The van der Waals surface area contributed by atoms with Crippen molar-refractivity contribution in [3.05, 3.63) is 78.7 Å². The van der Waals surface area contributed by atoms with Crippen molar-refractivity contribution in [1.29, 1.82) is 0 Å². The molecule has 120 valence electrons. The van der Waals surface area contributed by atoms with Gasteiger partial charge in [0.05, 0.1) is 12.3 Å². The van der Waals surface area contributed by atoms with Crippen molar-refractivity contribution in [1.82, 2.24) is 15.0 Å². The van der Waals surface area contributed by atoms with Gasteiger partial charge in [-0.05, 0) is 31.6 Å². The summed E-state index contributed by atoms with van der Waals surface area (Å²) < 4.78 is 1.84. The molecule has 4 heteroatoms. The van der Waals surface area contributed by atoms with Gasteiger partial charge >= 0.3 is 0 Å². The van der Waals surface area contributed by atoms with E-state index >= 15 is 0 Å². The minimum absolute atomic E-state index is 0.578. The first-order valence-electron chi connectivity index (χ1n) is 7.48. The van der Waals surface area contributed by atoms with Crippen molar-refractivity contribution in [3.8, 4) is 0 Å². The summed E-state index contributed by atoms with van der Waals surface area (Å²) in [4.78, 5) is 4.35.